The van der Waals surface area contributed by atoms with Crippen LogP contribution in [0.5, 0.6) is 0 Å². The average molecular weight is 460 g/mol. The van der Waals surface area contributed by atoms with Gasteiger partial charge in [-0.3, -0.25) is 0 Å². The summed E-state index contributed by atoms with van der Waals surface area (Å²) in [6.45, 7) is 9.90. The number of aromatic nitrogens is 2. The summed E-state index contributed by atoms with van der Waals surface area (Å²) in [6, 6.07) is 20.0. The average Bonchev–Trinajstić information content (AvgIpc) is 2.82. The minimum Gasteiger partial charge on any atom is -0.385 e. The molecule has 0 amide bonds. The highest BCUT2D eigenvalue weighted by Crippen LogP contribution is 2.50. The van der Waals surface area contributed by atoms with Crippen molar-refractivity contribution in [2.24, 2.45) is 5.41 Å². The van der Waals surface area contributed by atoms with Gasteiger partial charge in [-0.05, 0) is 55.5 Å². The summed E-state index contributed by atoms with van der Waals surface area (Å²) in [5.41, 5.74) is 2.02. The number of hydrogen-bond acceptors (Lipinski definition) is 5. The highest BCUT2D eigenvalue weighted by molar-refractivity contribution is 5.41. The van der Waals surface area contributed by atoms with Gasteiger partial charge in [0.05, 0.1) is 17.5 Å². The first-order valence-corrected chi connectivity index (χ1v) is 12.2. The lowest BCUT2D eigenvalue weighted by atomic mass is 9.62. The summed E-state index contributed by atoms with van der Waals surface area (Å²) in [5, 5.41) is 32.0. The smallest absolute Gasteiger partial charge is 0.124 e. The van der Waals surface area contributed by atoms with Crippen molar-refractivity contribution in [2.75, 3.05) is 20.1 Å². The Morgan fingerprint density at radius 1 is 0.971 bits per heavy atom. The van der Waals surface area contributed by atoms with Gasteiger partial charge in [0, 0.05) is 24.1 Å². The third kappa shape index (κ3) is 4.52. The number of aliphatic hydroxyl groups is 2. The van der Waals surface area contributed by atoms with Gasteiger partial charge in [-0.2, -0.15) is 10.2 Å². The highest BCUT2D eigenvalue weighted by Gasteiger charge is 2.55. The summed E-state index contributed by atoms with van der Waals surface area (Å²) in [7, 11) is 2.08. The monoisotopic (exact) mass is 459 g/mol. The van der Waals surface area contributed by atoms with Crippen molar-refractivity contribution in [3.05, 3.63) is 94.8 Å². The largest absolute Gasteiger partial charge is 0.385 e. The summed E-state index contributed by atoms with van der Waals surface area (Å²) >= 11 is 0. The second kappa shape index (κ2) is 9.21. The molecule has 5 nitrogen and oxygen atoms in total. The second-order valence-corrected chi connectivity index (χ2v) is 10.8. The van der Waals surface area contributed by atoms with E-state index in [0.29, 0.717) is 18.8 Å². The maximum Gasteiger partial charge on any atom is 0.124 e. The number of hydrogen-bond donors (Lipinski definition) is 2. The lowest BCUT2D eigenvalue weighted by molar-refractivity contribution is -0.127. The van der Waals surface area contributed by atoms with Crippen LogP contribution < -0.4 is 0 Å². The zero-order valence-electron chi connectivity index (χ0n) is 21.0. The molecular formula is C29H37N3O2. The van der Waals surface area contributed by atoms with Crippen LogP contribution in [-0.4, -0.2) is 45.4 Å². The van der Waals surface area contributed by atoms with E-state index < -0.39 is 11.2 Å². The molecule has 180 valence electrons. The molecule has 1 aliphatic heterocycles. The zero-order chi connectivity index (χ0) is 24.6. The highest BCUT2D eigenvalue weighted by atomic mass is 16.3. The lowest BCUT2D eigenvalue weighted by Gasteiger charge is -2.55. The van der Waals surface area contributed by atoms with Crippen molar-refractivity contribution in [2.45, 2.75) is 57.7 Å². The van der Waals surface area contributed by atoms with E-state index in [1.54, 1.807) is 6.20 Å². The fraction of sp³-hybridized carbons (Fsp3) is 0.448. The molecule has 2 N–H and O–H groups in total. The molecule has 1 aliphatic rings. The molecular weight excluding hydrogens is 422 g/mol. The number of benzene rings is 2. The third-order valence-corrected chi connectivity index (χ3v) is 7.49. The van der Waals surface area contributed by atoms with Crippen LogP contribution in [0.2, 0.25) is 0 Å². The molecule has 34 heavy (non-hydrogen) atoms. The molecule has 0 spiro atoms. The molecule has 3 aromatic rings. The van der Waals surface area contributed by atoms with E-state index in [-0.39, 0.29) is 5.41 Å². The van der Waals surface area contributed by atoms with Crippen LogP contribution in [-0.2, 0) is 17.6 Å². The predicted octanol–water partition coefficient (Wildman–Crippen LogP) is 4.63. The molecule has 1 aromatic heterocycles. The molecule has 0 radical (unpaired) electrons. The Hall–Kier alpha value is -2.60. The topological polar surface area (TPSA) is 69.5 Å². The van der Waals surface area contributed by atoms with Crippen LogP contribution in [0.15, 0.2) is 66.9 Å². The van der Waals surface area contributed by atoms with Crippen LogP contribution in [0.1, 0.15) is 68.0 Å². The SMILES string of the molecule is CC(C)c1ccc(C(O)(c2cnnc(CCC(C)(O)c3ccccc3)c2)C2(C)CN(C)C2)cc1. The van der Waals surface area contributed by atoms with E-state index in [1.165, 1.54) is 5.56 Å². The Labute approximate surface area is 203 Å². The quantitative estimate of drug-likeness (QED) is 0.514. The first-order valence-electron chi connectivity index (χ1n) is 12.2. The first kappa shape index (κ1) is 24.5. The Balaban J connectivity index is 1.66. The maximum atomic E-state index is 12.4. The number of rotatable bonds is 8. The van der Waals surface area contributed by atoms with Crippen LogP contribution in [0, 0.1) is 5.41 Å². The van der Waals surface area contributed by atoms with Crippen molar-refractivity contribution < 1.29 is 10.2 Å². The van der Waals surface area contributed by atoms with E-state index in [1.807, 2.05) is 43.3 Å². The summed E-state index contributed by atoms with van der Waals surface area (Å²) < 4.78 is 0. The van der Waals surface area contributed by atoms with E-state index in [4.69, 9.17) is 0 Å². The second-order valence-electron chi connectivity index (χ2n) is 10.8. The first-order chi connectivity index (χ1) is 16.0. The van der Waals surface area contributed by atoms with Crippen molar-refractivity contribution in [1.82, 2.24) is 15.1 Å². The van der Waals surface area contributed by atoms with Crippen molar-refractivity contribution in [3.8, 4) is 0 Å². The Bertz CT molecular complexity index is 1110. The fourth-order valence-electron chi connectivity index (χ4n) is 5.39. The molecule has 2 atom stereocenters. The number of aryl methyl sites for hydroxylation is 1. The molecule has 2 heterocycles. The van der Waals surface area contributed by atoms with Crippen molar-refractivity contribution in [3.63, 3.8) is 0 Å². The Kier molecular flexibility index (Phi) is 6.65. The summed E-state index contributed by atoms with van der Waals surface area (Å²) in [5.74, 6) is 0.430. The van der Waals surface area contributed by atoms with Gasteiger partial charge in [-0.25, -0.2) is 0 Å². The molecule has 2 aromatic carbocycles. The van der Waals surface area contributed by atoms with Crippen LogP contribution in [0.25, 0.3) is 0 Å². The maximum absolute atomic E-state index is 12.4. The van der Waals surface area contributed by atoms with Gasteiger partial charge >= 0.3 is 0 Å². The van der Waals surface area contributed by atoms with Crippen LogP contribution in [0.4, 0.5) is 0 Å². The van der Waals surface area contributed by atoms with Gasteiger partial charge in [-0.1, -0.05) is 75.4 Å². The minimum atomic E-state index is -1.19. The Morgan fingerprint density at radius 2 is 1.62 bits per heavy atom. The normalized spacial score (nSPS) is 19.3. The molecule has 0 saturated carbocycles. The summed E-state index contributed by atoms with van der Waals surface area (Å²) in [4.78, 5) is 2.22. The van der Waals surface area contributed by atoms with Crippen molar-refractivity contribution >= 4 is 0 Å². The Morgan fingerprint density at radius 3 is 2.21 bits per heavy atom. The fourth-order valence-corrected chi connectivity index (χ4v) is 5.39. The van der Waals surface area contributed by atoms with E-state index in [9.17, 15) is 10.2 Å². The number of nitrogens with zero attached hydrogens (tertiary/aromatic N) is 3. The van der Waals surface area contributed by atoms with E-state index in [0.717, 1.165) is 35.5 Å². The van der Waals surface area contributed by atoms with Gasteiger partial charge in [0.25, 0.3) is 0 Å². The predicted molar refractivity (Wildman–Crippen MR) is 135 cm³/mol. The number of likely N-dealkylation sites (tertiary alicyclic amines) is 1. The van der Waals surface area contributed by atoms with Gasteiger partial charge in [0.15, 0.2) is 0 Å². The van der Waals surface area contributed by atoms with Gasteiger partial charge in [0.2, 0.25) is 0 Å². The van der Waals surface area contributed by atoms with E-state index in [2.05, 4.69) is 67.2 Å². The van der Waals surface area contributed by atoms with E-state index >= 15 is 0 Å². The molecule has 0 aliphatic carbocycles. The third-order valence-electron chi connectivity index (χ3n) is 7.49. The van der Waals surface area contributed by atoms with Gasteiger partial charge in [0.1, 0.15) is 5.60 Å². The molecule has 1 fully saturated rings. The summed E-state index contributed by atoms with van der Waals surface area (Å²) in [6.07, 6.45) is 2.76. The molecule has 2 unspecified atom stereocenters. The molecule has 0 bridgehead atoms. The van der Waals surface area contributed by atoms with Gasteiger partial charge < -0.3 is 15.1 Å². The minimum absolute atomic E-state index is 0.350. The molecule has 4 rings (SSSR count). The lowest BCUT2D eigenvalue weighted by Crippen LogP contribution is -2.63. The molecule has 1 saturated heterocycles. The standard InChI is InChI=1S/C29H37N3O2/c1-21(2)22-11-13-24(14-12-22)29(34,27(3)19-32(5)20-27)25-17-26(31-30-18-25)15-16-28(4,33)23-9-7-6-8-10-23/h6-14,17-18,21,33-34H,15-16,19-20H2,1-5H3. The van der Waals surface area contributed by atoms with Crippen LogP contribution >= 0.6 is 0 Å². The van der Waals surface area contributed by atoms with Crippen molar-refractivity contribution in [1.29, 1.82) is 0 Å². The van der Waals surface area contributed by atoms with Gasteiger partial charge in [-0.15, -0.1) is 0 Å². The van der Waals surface area contributed by atoms with Crippen LogP contribution in [0.3, 0.4) is 0 Å². The zero-order valence-corrected chi connectivity index (χ0v) is 21.0. The molecule has 5 heteroatoms.